The molecule has 1 unspecified atom stereocenters. The number of aliphatic hydroxyl groups is 1. The van der Waals surface area contributed by atoms with Crippen molar-refractivity contribution in [2.75, 3.05) is 6.54 Å². The molecular weight excluding hydrogens is 260 g/mol. The van der Waals surface area contributed by atoms with Crippen molar-refractivity contribution in [3.8, 4) is 0 Å². The summed E-state index contributed by atoms with van der Waals surface area (Å²) in [5, 5.41) is 24.0. The Labute approximate surface area is 116 Å². The minimum atomic E-state index is -1.12. The van der Waals surface area contributed by atoms with Gasteiger partial charge in [0, 0.05) is 25.2 Å². The summed E-state index contributed by atoms with van der Waals surface area (Å²) in [7, 11) is 0. The number of hydrogen-bond donors (Lipinski definition) is 2. The standard InChI is InChI=1S/C14H16N2O4/c1-14(17,13-6-3-7-20-13)10-15-9-11-4-2-5-12(8-11)16(18)19/h2-8,15,17H,9-10H2,1H3. The van der Waals surface area contributed by atoms with Gasteiger partial charge in [0.2, 0.25) is 0 Å². The number of nitrogens with one attached hydrogen (secondary N) is 1. The molecule has 0 amide bonds. The molecule has 0 aliphatic carbocycles. The first-order valence-electron chi connectivity index (χ1n) is 6.19. The van der Waals surface area contributed by atoms with Gasteiger partial charge in [-0.2, -0.15) is 0 Å². The lowest BCUT2D eigenvalue weighted by Gasteiger charge is -2.21. The van der Waals surface area contributed by atoms with Gasteiger partial charge < -0.3 is 14.8 Å². The van der Waals surface area contributed by atoms with Gasteiger partial charge in [0.25, 0.3) is 5.69 Å². The summed E-state index contributed by atoms with van der Waals surface area (Å²) in [4.78, 5) is 10.2. The van der Waals surface area contributed by atoms with Crippen LogP contribution in [0.2, 0.25) is 0 Å². The van der Waals surface area contributed by atoms with E-state index < -0.39 is 10.5 Å². The van der Waals surface area contributed by atoms with Crippen molar-refractivity contribution in [2.45, 2.75) is 19.1 Å². The molecule has 0 spiro atoms. The molecule has 0 aliphatic rings. The fourth-order valence-corrected chi connectivity index (χ4v) is 1.90. The second-order valence-electron chi connectivity index (χ2n) is 4.78. The van der Waals surface area contributed by atoms with Crippen LogP contribution in [0.5, 0.6) is 0 Å². The smallest absolute Gasteiger partial charge is 0.269 e. The molecule has 6 heteroatoms. The van der Waals surface area contributed by atoms with Crippen LogP contribution < -0.4 is 5.32 Å². The Morgan fingerprint density at radius 2 is 2.20 bits per heavy atom. The van der Waals surface area contributed by atoms with Crippen molar-refractivity contribution in [3.05, 3.63) is 64.1 Å². The predicted molar refractivity (Wildman–Crippen MR) is 73.1 cm³/mol. The molecule has 2 rings (SSSR count). The normalized spacial score (nSPS) is 13.9. The Balaban J connectivity index is 1.93. The Kier molecular flexibility index (Phi) is 4.16. The van der Waals surface area contributed by atoms with Crippen LogP contribution in [0.15, 0.2) is 47.1 Å². The largest absolute Gasteiger partial charge is 0.466 e. The average Bonchev–Trinajstić information content (AvgIpc) is 2.93. The van der Waals surface area contributed by atoms with Crippen molar-refractivity contribution >= 4 is 5.69 Å². The number of nitrogens with zero attached hydrogens (tertiary/aromatic N) is 1. The fraction of sp³-hybridized carbons (Fsp3) is 0.286. The third-order valence-corrected chi connectivity index (χ3v) is 2.97. The van der Waals surface area contributed by atoms with Gasteiger partial charge in [-0.15, -0.1) is 0 Å². The Morgan fingerprint density at radius 3 is 2.85 bits per heavy atom. The Hall–Kier alpha value is -2.18. The number of benzene rings is 1. The van der Waals surface area contributed by atoms with Gasteiger partial charge in [-0.05, 0) is 24.6 Å². The molecular formula is C14H16N2O4. The summed E-state index contributed by atoms with van der Waals surface area (Å²) in [5.41, 5.74) is -0.277. The van der Waals surface area contributed by atoms with Gasteiger partial charge in [0.15, 0.2) is 0 Å². The molecule has 0 aliphatic heterocycles. The van der Waals surface area contributed by atoms with Crippen LogP contribution in [0.3, 0.4) is 0 Å². The van der Waals surface area contributed by atoms with Crippen molar-refractivity contribution in [1.29, 1.82) is 0 Å². The highest BCUT2D eigenvalue weighted by Crippen LogP contribution is 2.20. The molecule has 20 heavy (non-hydrogen) atoms. The van der Waals surface area contributed by atoms with E-state index in [1.165, 1.54) is 18.4 Å². The van der Waals surface area contributed by atoms with E-state index in [9.17, 15) is 15.2 Å². The monoisotopic (exact) mass is 276 g/mol. The highest BCUT2D eigenvalue weighted by molar-refractivity contribution is 5.34. The summed E-state index contributed by atoms with van der Waals surface area (Å²) >= 11 is 0. The molecule has 1 heterocycles. The summed E-state index contributed by atoms with van der Waals surface area (Å²) in [6, 6.07) is 9.80. The van der Waals surface area contributed by atoms with E-state index in [-0.39, 0.29) is 12.2 Å². The Bertz CT molecular complexity index is 579. The topological polar surface area (TPSA) is 88.5 Å². The molecule has 0 fully saturated rings. The first-order valence-corrected chi connectivity index (χ1v) is 6.19. The molecule has 106 valence electrons. The predicted octanol–water partition coefficient (Wildman–Crippen LogP) is 2.19. The van der Waals surface area contributed by atoms with Crippen molar-refractivity contribution in [3.63, 3.8) is 0 Å². The lowest BCUT2D eigenvalue weighted by Crippen LogP contribution is -2.34. The maximum Gasteiger partial charge on any atom is 0.269 e. The van der Waals surface area contributed by atoms with Gasteiger partial charge in [0.05, 0.1) is 11.2 Å². The second kappa shape index (κ2) is 5.85. The summed E-state index contributed by atoms with van der Waals surface area (Å²) in [6.45, 7) is 2.36. The van der Waals surface area contributed by atoms with Crippen LogP contribution >= 0.6 is 0 Å². The zero-order valence-corrected chi connectivity index (χ0v) is 11.1. The van der Waals surface area contributed by atoms with Gasteiger partial charge >= 0.3 is 0 Å². The first-order chi connectivity index (χ1) is 9.49. The second-order valence-corrected chi connectivity index (χ2v) is 4.78. The number of nitro benzene ring substituents is 1. The number of non-ortho nitro benzene ring substituents is 1. The number of hydrogen-bond acceptors (Lipinski definition) is 5. The minimum Gasteiger partial charge on any atom is -0.466 e. The zero-order chi connectivity index (χ0) is 14.6. The van der Waals surface area contributed by atoms with Crippen molar-refractivity contribution in [1.82, 2.24) is 5.32 Å². The lowest BCUT2D eigenvalue weighted by atomic mass is 10.0. The maximum absolute atomic E-state index is 10.7. The van der Waals surface area contributed by atoms with Gasteiger partial charge in [-0.1, -0.05) is 12.1 Å². The van der Waals surface area contributed by atoms with E-state index in [0.29, 0.717) is 12.3 Å². The lowest BCUT2D eigenvalue weighted by molar-refractivity contribution is -0.384. The third kappa shape index (κ3) is 3.43. The molecule has 0 saturated carbocycles. The van der Waals surface area contributed by atoms with Gasteiger partial charge in [0.1, 0.15) is 11.4 Å². The highest BCUT2D eigenvalue weighted by Gasteiger charge is 2.25. The van der Waals surface area contributed by atoms with Crippen LogP contribution in [-0.2, 0) is 12.1 Å². The number of nitro groups is 1. The number of furan rings is 1. The van der Waals surface area contributed by atoms with E-state index in [2.05, 4.69) is 5.32 Å². The molecule has 2 aromatic rings. The third-order valence-electron chi connectivity index (χ3n) is 2.97. The summed E-state index contributed by atoms with van der Waals surface area (Å²) in [5.74, 6) is 0.476. The minimum absolute atomic E-state index is 0.0575. The SMILES string of the molecule is CC(O)(CNCc1cccc([N+](=O)[O-])c1)c1ccco1. The number of rotatable bonds is 6. The highest BCUT2D eigenvalue weighted by atomic mass is 16.6. The Morgan fingerprint density at radius 1 is 1.40 bits per heavy atom. The molecule has 6 nitrogen and oxygen atoms in total. The molecule has 0 bridgehead atoms. The van der Waals surface area contributed by atoms with Crippen LogP contribution in [-0.4, -0.2) is 16.6 Å². The average molecular weight is 276 g/mol. The molecule has 1 aromatic heterocycles. The zero-order valence-electron chi connectivity index (χ0n) is 11.1. The van der Waals surface area contributed by atoms with Crippen LogP contribution in [0.25, 0.3) is 0 Å². The fourth-order valence-electron chi connectivity index (χ4n) is 1.90. The quantitative estimate of drug-likeness (QED) is 0.623. The summed E-state index contributed by atoms with van der Waals surface area (Å²) in [6.07, 6.45) is 1.50. The molecule has 1 aromatic carbocycles. The van der Waals surface area contributed by atoms with Crippen molar-refractivity contribution < 1.29 is 14.4 Å². The molecule has 2 N–H and O–H groups in total. The van der Waals surface area contributed by atoms with E-state index >= 15 is 0 Å². The van der Waals surface area contributed by atoms with Crippen LogP contribution in [0.4, 0.5) is 5.69 Å². The maximum atomic E-state index is 10.7. The molecule has 0 radical (unpaired) electrons. The first kappa shape index (κ1) is 14.2. The van der Waals surface area contributed by atoms with E-state index in [1.54, 1.807) is 31.2 Å². The summed E-state index contributed by atoms with van der Waals surface area (Å²) < 4.78 is 5.17. The molecule has 1 atom stereocenters. The van der Waals surface area contributed by atoms with E-state index in [4.69, 9.17) is 4.42 Å². The van der Waals surface area contributed by atoms with Crippen molar-refractivity contribution in [2.24, 2.45) is 0 Å². The van der Waals surface area contributed by atoms with Crippen LogP contribution in [0.1, 0.15) is 18.2 Å². The van der Waals surface area contributed by atoms with Gasteiger partial charge in [-0.3, -0.25) is 10.1 Å². The van der Waals surface area contributed by atoms with E-state index in [0.717, 1.165) is 5.56 Å². The molecule has 0 saturated heterocycles. The van der Waals surface area contributed by atoms with Crippen LogP contribution in [0, 0.1) is 10.1 Å². The van der Waals surface area contributed by atoms with E-state index in [1.807, 2.05) is 0 Å². The van der Waals surface area contributed by atoms with Gasteiger partial charge in [-0.25, -0.2) is 0 Å².